The number of ether oxygens (including phenoxy) is 2. The maximum atomic E-state index is 6.04. The molecule has 0 saturated carbocycles. The van der Waals surface area contributed by atoms with Gasteiger partial charge in [-0.25, -0.2) is 4.99 Å². The average Bonchev–Trinajstić information content (AvgIpc) is 2.67. The van der Waals surface area contributed by atoms with Gasteiger partial charge in [-0.15, -0.1) is 24.0 Å². The predicted molar refractivity (Wildman–Crippen MR) is 110 cm³/mol. The highest BCUT2D eigenvalue weighted by atomic mass is 127. The van der Waals surface area contributed by atoms with Crippen LogP contribution in [0.2, 0.25) is 0 Å². The van der Waals surface area contributed by atoms with Crippen molar-refractivity contribution in [3.05, 3.63) is 65.7 Å². The molecule has 1 saturated heterocycles. The van der Waals surface area contributed by atoms with Crippen molar-refractivity contribution in [2.45, 2.75) is 13.2 Å². The van der Waals surface area contributed by atoms with Gasteiger partial charge in [-0.1, -0.05) is 42.5 Å². The second kappa shape index (κ2) is 10.2. The van der Waals surface area contributed by atoms with Crippen LogP contribution in [0.1, 0.15) is 11.1 Å². The molecule has 0 aromatic heterocycles. The summed E-state index contributed by atoms with van der Waals surface area (Å²) in [5.74, 6) is 1.47. The smallest absolute Gasteiger partial charge is 0.191 e. The minimum absolute atomic E-state index is 0. The first-order chi connectivity index (χ1) is 11.8. The quantitative estimate of drug-likeness (QED) is 0.430. The maximum Gasteiger partial charge on any atom is 0.191 e. The zero-order valence-corrected chi connectivity index (χ0v) is 16.5. The van der Waals surface area contributed by atoms with E-state index in [0.29, 0.717) is 32.3 Å². The number of aliphatic imine (C=N–C) groups is 1. The largest absolute Gasteiger partial charge is 0.489 e. The van der Waals surface area contributed by atoms with Gasteiger partial charge in [0.2, 0.25) is 0 Å². The summed E-state index contributed by atoms with van der Waals surface area (Å²) >= 11 is 0. The highest BCUT2D eigenvalue weighted by molar-refractivity contribution is 14.0. The SMILES string of the molecule is I.NC(=NCc1ccc(COc2ccccc2)cc1)N1CCOCC1. The molecular weight excluding hydrogens is 429 g/mol. The topological polar surface area (TPSA) is 60.1 Å². The Morgan fingerprint density at radius 1 is 1.00 bits per heavy atom. The van der Waals surface area contributed by atoms with E-state index in [1.54, 1.807) is 0 Å². The van der Waals surface area contributed by atoms with Crippen LogP contribution in [0.3, 0.4) is 0 Å². The van der Waals surface area contributed by atoms with Gasteiger partial charge in [0.25, 0.3) is 0 Å². The molecule has 25 heavy (non-hydrogen) atoms. The van der Waals surface area contributed by atoms with E-state index in [1.807, 2.05) is 30.3 Å². The molecule has 1 aliphatic heterocycles. The van der Waals surface area contributed by atoms with Crippen molar-refractivity contribution in [2.24, 2.45) is 10.7 Å². The molecule has 2 N–H and O–H groups in total. The van der Waals surface area contributed by atoms with Gasteiger partial charge in [0, 0.05) is 13.1 Å². The average molecular weight is 453 g/mol. The first-order valence-electron chi connectivity index (χ1n) is 8.19. The number of guanidine groups is 1. The van der Waals surface area contributed by atoms with Gasteiger partial charge in [-0.3, -0.25) is 0 Å². The lowest BCUT2D eigenvalue weighted by molar-refractivity contribution is 0.0674. The Balaban J connectivity index is 0.00000225. The molecule has 0 amide bonds. The van der Waals surface area contributed by atoms with E-state index >= 15 is 0 Å². The van der Waals surface area contributed by atoms with Crippen molar-refractivity contribution in [3.8, 4) is 5.75 Å². The van der Waals surface area contributed by atoms with E-state index in [2.05, 4.69) is 34.2 Å². The lowest BCUT2D eigenvalue weighted by Crippen LogP contribution is -2.44. The second-order valence-electron chi connectivity index (χ2n) is 5.69. The number of benzene rings is 2. The molecule has 5 nitrogen and oxygen atoms in total. The molecule has 0 aliphatic carbocycles. The van der Waals surface area contributed by atoms with E-state index in [-0.39, 0.29) is 24.0 Å². The monoisotopic (exact) mass is 453 g/mol. The van der Waals surface area contributed by atoms with Crippen molar-refractivity contribution >= 4 is 29.9 Å². The fourth-order valence-electron chi connectivity index (χ4n) is 2.49. The molecule has 2 aromatic rings. The molecular formula is C19H24IN3O2. The Labute approximate surface area is 165 Å². The Morgan fingerprint density at radius 2 is 1.64 bits per heavy atom. The predicted octanol–water partition coefficient (Wildman–Crippen LogP) is 3.03. The van der Waals surface area contributed by atoms with Crippen molar-refractivity contribution in [3.63, 3.8) is 0 Å². The van der Waals surface area contributed by atoms with Crippen LogP contribution in [0, 0.1) is 0 Å². The van der Waals surface area contributed by atoms with Crippen LogP contribution in [0.4, 0.5) is 0 Å². The van der Waals surface area contributed by atoms with Gasteiger partial charge in [0.05, 0.1) is 19.8 Å². The normalized spacial score (nSPS) is 14.7. The third-order valence-corrected chi connectivity index (χ3v) is 3.93. The van der Waals surface area contributed by atoms with Gasteiger partial charge in [0.1, 0.15) is 12.4 Å². The van der Waals surface area contributed by atoms with Crippen LogP contribution < -0.4 is 10.5 Å². The Morgan fingerprint density at radius 3 is 2.32 bits per heavy atom. The third-order valence-electron chi connectivity index (χ3n) is 3.93. The van der Waals surface area contributed by atoms with Crippen LogP contribution in [-0.2, 0) is 17.9 Å². The molecule has 6 heteroatoms. The second-order valence-corrected chi connectivity index (χ2v) is 5.69. The van der Waals surface area contributed by atoms with Gasteiger partial charge in [0.15, 0.2) is 5.96 Å². The number of halogens is 1. The van der Waals surface area contributed by atoms with Gasteiger partial charge < -0.3 is 20.1 Å². The minimum atomic E-state index is 0. The van der Waals surface area contributed by atoms with Crippen molar-refractivity contribution in [2.75, 3.05) is 26.3 Å². The summed E-state index contributed by atoms with van der Waals surface area (Å²) in [5, 5.41) is 0. The Bertz CT molecular complexity index is 656. The number of hydrogen-bond acceptors (Lipinski definition) is 3. The molecule has 1 fully saturated rings. The maximum absolute atomic E-state index is 6.04. The molecule has 0 unspecified atom stereocenters. The summed E-state index contributed by atoms with van der Waals surface area (Å²) < 4.78 is 11.1. The molecule has 0 radical (unpaired) electrons. The van der Waals surface area contributed by atoms with E-state index in [1.165, 1.54) is 0 Å². The summed E-state index contributed by atoms with van der Waals surface area (Å²) in [5.41, 5.74) is 8.30. The lowest BCUT2D eigenvalue weighted by Gasteiger charge is -2.27. The first kappa shape index (κ1) is 19.5. The van der Waals surface area contributed by atoms with Crippen LogP contribution in [0.5, 0.6) is 5.75 Å². The third kappa shape index (κ3) is 6.21. The molecule has 134 valence electrons. The summed E-state index contributed by atoms with van der Waals surface area (Å²) in [6.45, 7) is 4.20. The number of rotatable bonds is 5. The molecule has 1 aliphatic rings. The standard InChI is InChI=1S/C19H23N3O2.HI/c20-19(22-10-12-23-13-11-22)21-14-16-6-8-17(9-7-16)15-24-18-4-2-1-3-5-18;/h1-9H,10-15H2,(H2,20,21);1H. The number of para-hydroxylation sites is 1. The van der Waals surface area contributed by atoms with Crippen LogP contribution in [0.15, 0.2) is 59.6 Å². The molecule has 0 atom stereocenters. The van der Waals surface area contributed by atoms with E-state index < -0.39 is 0 Å². The zero-order valence-electron chi connectivity index (χ0n) is 14.1. The van der Waals surface area contributed by atoms with Crippen molar-refractivity contribution < 1.29 is 9.47 Å². The van der Waals surface area contributed by atoms with E-state index in [0.717, 1.165) is 30.0 Å². The number of morpholine rings is 1. The first-order valence-corrected chi connectivity index (χ1v) is 8.19. The summed E-state index contributed by atoms with van der Waals surface area (Å²) in [4.78, 5) is 6.54. The fourth-order valence-corrected chi connectivity index (χ4v) is 2.49. The highest BCUT2D eigenvalue weighted by Crippen LogP contribution is 2.12. The van der Waals surface area contributed by atoms with Gasteiger partial charge in [-0.2, -0.15) is 0 Å². The molecule has 3 rings (SSSR count). The van der Waals surface area contributed by atoms with Crippen LogP contribution in [-0.4, -0.2) is 37.2 Å². The molecule has 2 aromatic carbocycles. The van der Waals surface area contributed by atoms with Crippen molar-refractivity contribution in [1.82, 2.24) is 4.90 Å². The fraction of sp³-hybridized carbons (Fsp3) is 0.316. The lowest BCUT2D eigenvalue weighted by atomic mass is 10.1. The highest BCUT2D eigenvalue weighted by Gasteiger charge is 2.11. The minimum Gasteiger partial charge on any atom is -0.489 e. The van der Waals surface area contributed by atoms with E-state index in [4.69, 9.17) is 15.2 Å². The van der Waals surface area contributed by atoms with Crippen molar-refractivity contribution in [1.29, 1.82) is 0 Å². The Kier molecular flexibility index (Phi) is 8.00. The number of nitrogens with two attached hydrogens (primary N) is 1. The number of nitrogens with zero attached hydrogens (tertiary/aromatic N) is 2. The van der Waals surface area contributed by atoms with Crippen LogP contribution >= 0.6 is 24.0 Å². The molecule has 1 heterocycles. The summed E-state index contributed by atoms with van der Waals surface area (Å²) in [6.07, 6.45) is 0. The van der Waals surface area contributed by atoms with Gasteiger partial charge in [-0.05, 0) is 23.3 Å². The number of hydrogen-bond donors (Lipinski definition) is 1. The van der Waals surface area contributed by atoms with E-state index in [9.17, 15) is 0 Å². The summed E-state index contributed by atoms with van der Waals surface area (Å²) in [6, 6.07) is 18.1. The molecule has 0 bridgehead atoms. The Hall–Kier alpha value is -1.80. The zero-order chi connectivity index (χ0) is 16.6. The van der Waals surface area contributed by atoms with Crippen LogP contribution in [0.25, 0.3) is 0 Å². The van der Waals surface area contributed by atoms with Gasteiger partial charge >= 0.3 is 0 Å². The summed E-state index contributed by atoms with van der Waals surface area (Å²) in [7, 11) is 0. The molecule has 0 spiro atoms.